The molecule has 3 heterocycles. The van der Waals surface area contributed by atoms with Gasteiger partial charge in [0.15, 0.2) is 16.7 Å². The Morgan fingerprint density at radius 3 is 2.61 bits per heavy atom. The number of hydrogen-bond acceptors (Lipinski definition) is 5. The van der Waals surface area contributed by atoms with E-state index >= 15 is 0 Å². The summed E-state index contributed by atoms with van der Waals surface area (Å²) in [6.07, 6.45) is 4.57. The van der Waals surface area contributed by atoms with Crippen LogP contribution in [0.5, 0.6) is 11.5 Å². The maximum atomic E-state index is 13.5. The standard InChI is InChI=1S/C26H25N3O3S/c1-31-22-14-19-11-13-29(24(30)17-33-26-27-16-20-10-6-7-12-28(20)26)25(18-8-4-3-5-9-18)21(19)15-23(22)32-2/h3-10,12,14-16,25H,11,13,17H2,1-2H3. The second-order valence-corrected chi connectivity index (χ2v) is 8.82. The smallest absolute Gasteiger partial charge is 0.233 e. The van der Waals surface area contributed by atoms with E-state index in [0.29, 0.717) is 23.8 Å². The molecule has 33 heavy (non-hydrogen) atoms. The fourth-order valence-electron chi connectivity index (χ4n) is 4.44. The third-order valence-electron chi connectivity index (χ3n) is 6.04. The van der Waals surface area contributed by atoms with Crippen LogP contribution < -0.4 is 9.47 Å². The molecule has 1 unspecified atom stereocenters. The van der Waals surface area contributed by atoms with Crippen LogP contribution in [0.25, 0.3) is 5.52 Å². The van der Waals surface area contributed by atoms with Crippen molar-refractivity contribution in [2.75, 3.05) is 26.5 Å². The zero-order valence-corrected chi connectivity index (χ0v) is 19.4. The minimum absolute atomic E-state index is 0.0852. The van der Waals surface area contributed by atoms with Crippen molar-refractivity contribution in [2.24, 2.45) is 0 Å². The molecule has 1 aliphatic heterocycles. The van der Waals surface area contributed by atoms with Gasteiger partial charge < -0.3 is 14.4 Å². The van der Waals surface area contributed by atoms with Gasteiger partial charge in [-0.1, -0.05) is 48.2 Å². The van der Waals surface area contributed by atoms with Crippen LogP contribution in [0.4, 0.5) is 0 Å². The van der Waals surface area contributed by atoms with E-state index in [1.165, 1.54) is 17.3 Å². The predicted molar refractivity (Wildman–Crippen MR) is 129 cm³/mol. The van der Waals surface area contributed by atoms with Crippen molar-refractivity contribution < 1.29 is 14.3 Å². The topological polar surface area (TPSA) is 56.1 Å². The zero-order valence-electron chi connectivity index (χ0n) is 18.6. The van der Waals surface area contributed by atoms with Crippen molar-refractivity contribution in [3.05, 3.63) is 89.7 Å². The molecule has 0 aliphatic carbocycles. The molecule has 168 valence electrons. The fourth-order valence-corrected chi connectivity index (χ4v) is 5.30. The van der Waals surface area contributed by atoms with E-state index in [2.05, 4.69) is 17.1 Å². The molecule has 0 N–H and O–H groups in total. The van der Waals surface area contributed by atoms with E-state index in [1.807, 2.05) is 70.2 Å². The van der Waals surface area contributed by atoms with Crippen molar-refractivity contribution in [1.82, 2.24) is 14.3 Å². The number of benzene rings is 2. The lowest BCUT2D eigenvalue weighted by molar-refractivity contribution is -0.130. The van der Waals surface area contributed by atoms with E-state index in [-0.39, 0.29) is 11.9 Å². The highest BCUT2D eigenvalue weighted by molar-refractivity contribution is 7.99. The molecule has 0 spiro atoms. The number of thioether (sulfide) groups is 1. The Kier molecular flexibility index (Phi) is 5.96. The Labute approximate surface area is 197 Å². The normalized spacial score (nSPS) is 15.3. The van der Waals surface area contributed by atoms with Gasteiger partial charge in [0, 0.05) is 12.7 Å². The van der Waals surface area contributed by atoms with Crippen molar-refractivity contribution in [2.45, 2.75) is 17.6 Å². The summed E-state index contributed by atoms with van der Waals surface area (Å²) in [5.74, 6) is 1.79. The van der Waals surface area contributed by atoms with Gasteiger partial charge in [0.05, 0.1) is 37.7 Å². The van der Waals surface area contributed by atoms with Gasteiger partial charge in [-0.3, -0.25) is 9.20 Å². The van der Waals surface area contributed by atoms with Crippen LogP contribution in [0, 0.1) is 0 Å². The summed E-state index contributed by atoms with van der Waals surface area (Å²) in [6.45, 7) is 0.643. The Morgan fingerprint density at radius 2 is 1.82 bits per heavy atom. The molecule has 0 saturated carbocycles. The van der Waals surface area contributed by atoms with Gasteiger partial charge in [-0.25, -0.2) is 4.98 Å². The zero-order chi connectivity index (χ0) is 22.8. The summed E-state index contributed by atoms with van der Waals surface area (Å²) in [7, 11) is 3.28. The molecule has 0 saturated heterocycles. The van der Waals surface area contributed by atoms with E-state index < -0.39 is 0 Å². The number of nitrogens with zero attached hydrogens (tertiary/aromatic N) is 3. The van der Waals surface area contributed by atoms with Crippen molar-refractivity contribution in [3.63, 3.8) is 0 Å². The van der Waals surface area contributed by atoms with E-state index in [9.17, 15) is 4.79 Å². The Bertz CT molecular complexity index is 1290. The average Bonchev–Trinajstić information content (AvgIpc) is 3.29. The van der Waals surface area contributed by atoms with Crippen LogP contribution in [0.3, 0.4) is 0 Å². The maximum absolute atomic E-state index is 13.5. The van der Waals surface area contributed by atoms with Crippen LogP contribution in [-0.4, -0.2) is 46.7 Å². The number of ether oxygens (including phenoxy) is 2. The average molecular weight is 460 g/mol. The lowest BCUT2D eigenvalue weighted by Gasteiger charge is -2.38. The van der Waals surface area contributed by atoms with Gasteiger partial charge in [0.2, 0.25) is 5.91 Å². The molecule has 1 aliphatic rings. The van der Waals surface area contributed by atoms with Crippen LogP contribution in [-0.2, 0) is 11.2 Å². The Hall–Kier alpha value is -3.45. The Morgan fingerprint density at radius 1 is 1.06 bits per heavy atom. The van der Waals surface area contributed by atoms with E-state index in [4.69, 9.17) is 9.47 Å². The van der Waals surface area contributed by atoms with Crippen LogP contribution in [0.1, 0.15) is 22.7 Å². The number of carbonyl (C=O) groups excluding carboxylic acids is 1. The lowest BCUT2D eigenvalue weighted by Crippen LogP contribution is -2.41. The van der Waals surface area contributed by atoms with Gasteiger partial charge in [-0.2, -0.15) is 0 Å². The highest BCUT2D eigenvalue weighted by Crippen LogP contribution is 2.41. The summed E-state index contributed by atoms with van der Waals surface area (Å²) >= 11 is 1.47. The van der Waals surface area contributed by atoms with Gasteiger partial charge in [0.1, 0.15) is 0 Å². The molecule has 0 bridgehead atoms. The lowest BCUT2D eigenvalue weighted by atomic mass is 9.87. The molecule has 4 aromatic rings. The van der Waals surface area contributed by atoms with Crippen LogP contribution in [0.15, 0.2) is 78.2 Å². The van der Waals surface area contributed by atoms with Gasteiger partial charge in [-0.15, -0.1) is 0 Å². The fraction of sp³-hybridized carbons (Fsp3) is 0.231. The summed E-state index contributed by atoms with van der Waals surface area (Å²) in [4.78, 5) is 20.0. The molecular weight excluding hydrogens is 434 g/mol. The number of hydrogen-bond donors (Lipinski definition) is 0. The van der Waals surface area contributed by atoms with Crippen LogP contribution in [0.2, 0.25) is 0 Å². The number of pyridine rings is 1. The van der Waals surface area contributed by atoms with Crippen LogP contribution >= 0.6 is 11.8 Å². The second-order valence-electron chi connectivity index (χ2n) is 7.88. The first kappa shape index (κ1) is 21.4. The third kappa shape index (κ3) is 4.04. The predicted octanol–water partition coefficient (Wildman–Crippen LogP) is 4.62. The number of aromatic nitrogens is 2. The maximum Gasteiger partial charge on any atom is 0.233 e. The number of rotatable bonds is 6. The van der Waals surface area contributed by atoms with E-state index in [1.54, 1.807) is 14.2 Å². The second kappa shape index (κ2) is 9.19. The minimum Gasteiger partial charge on any atom is -0.493 e. The third-order valence-corrected chi connectivity index (χ3v) is 6.99. The molecule has 1 atom stereocenters. The molecule has 7 heteroatoms. The molecule has 1 amide bonds. The highest BCUT2D eigenvalue weighted by atomic mass is 32.2. The van der Waals surface area contributed by atoms with Crippen molar-refractivity contribution in [1.29, 1.82) is 0 Å². The molecule has 6 nitrogen and oxygen atoms in total. The summed E-state index contributed by atoms with van der Waals surface area (Å²) < 4.78 is 13.1. The molecule has 2 aromatic heterocycles. The summed E-state index contributed by atoms with van der Waals surface area (Å²) in [5, 5.41) is 0.819. The molecule has 0 radical (unpaired) electrons. The molecular formula is C26H25N3O3S. The van der Waals surface area contributed by atoms with E-state index in [0.717, 1.165) is 28.2 Å². The number of carbonyl (C=O) groups is 1. The summed E-state index contributed by atoms with van der Waals surface area (Å²) in [5.41, 5.74) is 4.35. The van der Waals surface area contributed by atoms with Crippen molar-refractivity contribution >= 4 is 23.2 Å². The number of methoxy groups -OCH3 is 2. The number of imidazole rings is 1. The number of fused-ring (bicyclic) bond motifs is 2. The first-order chi connectivity index (χ1) is 16.2. The molecule has 5 rings (SSSR count). The highest BCUT2D eigenvalue weighted by Gasteiger charge is 2.33. The number of amides is 1. The summed E-state index contributed by atoms with van der Waals surface area (Å²) in [6, 6.07) is 20.0. The SMILES string of the molecule is COc1cc2c(cc1OC)C(c1ccccc1)N(C(=O)CSc1ncc3ccccn13)CC2. The van der Waals surface area contributed by atoms with Gasteiger partial charge in [0.25, 0.3) is 0 Å². The Balaban J connectivity index is 1.46. The molecule has 0 fully saturated rings. The first-order valence-electron chi connectivity index (χ1n) is 10.8. The largest absolute Gasteiger partial charge is 0.493 e. The first-order valence-corrected chi connectivity index (χ1v) is 11.8. The monoisotopic (exact) mass is 459 g/mol. The molecule has 2 aromatic carbocycles. The minimum atomic E-state index is -0.181. The van der Waals surface area contributed by atoms with Gasteiger partial charge in [-0.05, 0) is 47.4 Å². The quantitative estimate of drug-likeness (QED) is 0.394. The van der Waals surface area contributed by atoms with Gasteiger partial charge >= 0.3 is 0 Å². The van der Waals surface area contributed by atoms with Crippen molar-refractivity contribution in [3.8, 4) is 11.5 Å².